The second-order valence-electron chi connectivity index (χ2n) is 8.07. The van der Waals surface area contributed by atoms with Crippen molar-refractivity contribution < 1.29 is 9.32 Å². The van der Waals surface area contributed by atoms with Crippen LogP contribution in [-0.2, 0) is 6.42 Å². The normalized spacial score (nSPS) is 14.3. The molecule has 1 N–H and O–H groups in total. The highest BCUT2D eigenvalue weighted by Crippen LogP contribution is 2.33. The molecule has 1 aliphatic rings. The van der Waals surface area contributed by atoms with Crippen LogP contribution >= 0.6 is 34.2 Å². The Bertz CT molecular complexity index is 1010. The number of carbonyl (C=O) groups is 1. The van der Waals surface area contributed by atoms with E-state index in [1.54, 1.807) is 27.7 Å². The van der Waals surface area contributed by atoms with Crippen LogP contribution in [0.1, 0.15) is 34.7 Å². The summed E-state index contributed by atoms with van der Waals surface area (Å²) in [6.45, 7) is 2.67. The number of aromatic nitrogens is 1. The van der Waals surface area contributed by atoms with E-state index in [1.165, 1.54) is 4.90 Å². The molecule has 0 bridgehead atoms. The molecule has 0 spiro atoms. The molecule has 8 heteroatoms. The van der Waals surface area contributed by atoms with Crippen LogP contribution in [0.5, 0.6) is 0 Å². The summed E-state index contributed by atoms with van der Waals surface area (Å²) in [4.78, 5) is 16.6. The molecule has 33 heavy (non-hydrogen) atoms. The van der Waals surface area contributed by atoms with Gasteiger partial charge < -0.3 is 14.7 Å². The summed E-state index contributed by atoms with van der Waals surface area (Å²) < 4.78 is 5.52. The number of piperidine rings is 1. The van der Waals surface area contributed by atoms with E-state index < -0.39 is 0 Å². The van der Waals surface area contributed by atoms with Gasteiger partial charge in [-0.2, -0.15) is 12.6 Å². The molecule has 0 radical (unpaired) electrons. The van der Waals surface area contributed by atoms with Crippen LogP contribution in [0.4, 0.5) is 5.69 Å². The quantitative estimate of drug-likeness (QED) is 0.216. The fourth-order valence-electron chi connectivity index (χ4n) is 3.89. The van der Waals surface area contributed by atoms with Gasteiger partial charge in [-0.1, -0.05) is 57.1 Å². The average Bonchev–Trinajstić information content (AvgIpc) is 3.33. The summed E-state index contributed by atoms with van der Waals surface area (Å²) in [7, 11) is 3.52. The SMILES string of the molecule is O=C(c1cc(Cc2ccccc2)on1)N(CC1CCNCC1)c1ccc(SSCCS)cc1. The second-order valence-corrected chi connectivity index (χ2v) is 11.0. The number of amides is 1. The lowest BCUT2D eigenvalue weighted by Crippen LogP contribution is -2.39. The molecule has 4 rings (SSSR count). The summed E-state index contributed by atoms with van der Waals surface area (Å²) in [5.74, 6) is 2.90. The lowest BCUT2D eigenvalue weighted by molar-refractivity contribution is 0.0972. The van der Waals surface area contributed by atoms with Crippen molar-refractivity contribution in [1.29, 1.82) is 0 Å². The molecule has 0 unspecified atom stereocenters. The number of rotatable bonds is 10. The van der Waals surface area contributed by atoms with E-state index in [-0.39, 0.29) is 5.91 Å². The van der Waals surface area contributed by atoms with E-state index in [0.29, 0.717) is 30.3 Å². The molecule has 1 amide bonds. The van der Waals surface area contributed by atoms with E-state index >= 15 is 0 Å². The van der Waals surface area contributed by atoms with Crippen molar-refractivity contribution in [1.82, 2.24) is 10.5 Å². The van der Waals surface area contributed by atoms with E-state index in [1.807, 2.05) is 47.4 Å². The minimum atomic E-state index is -0.110. The number of hydrogen-bond acceptors (Lipinski definition) is 7. The Labute approximate surface area is 208 Å². The first-order valence-corrected chi connectivity index (χ1v) is 14.2. The molecule has 1 saturated heterocycles. The molecule has 2 heterocycles. The summed E-state index contributed by atoms with van der Waals surface area (Å²) in [5.41, 5.74) is 2.38. The molecule has 1 aliphatic heterocycles. The molecular weight excluding hydrogens is 470 g/mol. The Morgan fingerprint density at radius 1 is 1.12 bits per heavy atom. The van der Waals surface area contributed by atoms with Crippen LogP contribution in [0, 0.1) is 5.92 Å². The summed E-state index contributed by atoms with van der Waals surface area (Å²) >= 11 is 4.26. The Hall–Kier alpha value is -1.87. The van der Waals surface area contributed by atoms with Crippen molar-refractivity contribution in [3.63, 3.8) is 0 Å². The largest absolute Gasteiger partial charge is 0.360 e. The van der Waals surface area contributed by atoms with Crippen molar-refractivity contribution in [3.05, 3.63) is 77.7 Å². The van der Waals surface area contributed by atoms with Gasteiger partial charge in [-0.3, -0.25) is 4.79 Å². The number of hydrogen-bond donors (Lipinski definition) is 2. The maximum atomic E-state index is 13.6. The van der Waals surface area contributed by atoms with Crippen LogP contribution < -0.4 is 10.2 Å². The van der Waals surface area contributed by atoms with Gasteiger partial charge in [0.05, 0.1) is 0 Å². The molecule has 0 saturated carbocycles. The lowest BCUT2D eigenvalue weighted by Gasteiger charge is -2.30. The minimum absolute atomic E-state index is 0.110. The molecule has 2 aromatic carbocycles. The van der Waals surface area contributed by atoms with Gasteiger partial charge in [0.25, 0.3) is 5.91 Å². The highest BCUT2D eigenvalue weighted by molar-refractivity contribution is 8.76. The van der Waals surface area contributed by atoms with Crippen LogP contribution in [0.25, 0.3) is 0 Å². The van der Waals surface area contributed by atoms with Gasteiger partial charge in [0.15, 0.2) is 5.69 Å². The highest BCUT2D eigenvalue weighted by atomic mass is 33.1. The van der Waals surface area contributed by atoms with Crippen LogP contribution in [0.2, 0.25) is 0 Å². The standard InChI is InChI=1S/C25H29N3O2S3/c29-25(24-17-22(30-27-24)16-19-4-2-1-3-5-19)28(18-20-10-12-26-13-11-20)21-6-8-23(9-7-21)33-32-15-14-31/h1-9,17,20,26,31H,10-16,18H2. The lowest BCUT2D eigenvalue weighted by atomic mass is 9.97. The molecule has 0 atom stereocenters. The number of benzene rings is 2. The predicted molar refractivity (Wildman–Crippen MR) is 142 cm³/mol. The fourth-order valence-corrected chi connectivity index (χ4v) is 6.32. The van der Waals surface area contributed by atoms with E-state index in [4.69, 9.17) is 4.52 Å². The van der Waals surface area contributed by atoms with Gasteiger partial charge in [0.2, 0.25) is 0 Å². The van der Waals surface area contributed by atoms with E-state index in [9.17, 15) is 4.79 Å². The second kappa shape index (κ2) is 12.6. The molecule has 5 nitrogen and oxygen atoms in total. The van der Waals surface area contributed by atoms with Crippen LogP contribution in [0.3, 0.4) is 0 Å². The third-order valence-corrected chi connectivity index (χ3v) is 8.53. The van der Waals surface area contributed by atoms with E-state index in [2.05, 4.69) is 35.2 Å². The summed E-state index contributed by atoms with van der Waals surface area (Å²) in [6.07, 6.45) is 2.75. The maximum Gasteiger partial charge on any atom is 0.280 e. The van der Waals surface area contributed by atoms with Gasteiger partial charge in [0.1, 0.15) is 5.76 Å². The number of thiol groups is 1. The Morgan fingerprint density at radius 3 is 2.61 bits per heavy atom. The van der Waals surface area contributed by atoms with Crippen molar-refractivity contribution in [3.8, 4) is 0 Å². The Kier molecular flexibility index (Phi) is 9.23. The first-order chi connectivity index (χ1) is 16.2. The van der Waals surface area contributed by atoms with Crippen LogP contribution in [0.15, 0.2) is 70.1 Å². The summed E-state index contributed by atoms with van der Waals surface area (Å²) in [5, 5.41) is 7.53. The van der Waals surface area contributed by atoms with Crippen molar-refractivity contribution in [2.75, 3.05) is 36.0 Å². The zero-order chi connectivity index (χ0) is 22.9. The Morgan fingerprint density at radius 2 is 1.88 bits per heavy atom. The average molecular weight is 500 g/mol. The van der Waals surface area contributed by atoms with Crippen molar-refractivity contribution in [2.45, 2.75) is 24.2 Å². The zero-order valence-electron chi connectivity index (χ0n) is 18.5. The predicted octanol–water partition coefficient (Wildman–Crippen LogP) is 5.58. The molecular formula is C25H29N3O2S3. The van der Waals surface area contributed by atoms with Crippen LogP contribution in [-0.4, -0.2) is 42.2 Å². The van der Waals surface area contributed by atoms with Crippen molar-refractivity contribution >= 4 is 45.8 Å². The number of nitrogens with zero attached hydrogens (tertiary/aromatic N) is 2. The van der Waals surface area contributed by atoms with Gasteiger partial charge in [-0.05, 0) is 61.7 Å². The minimum Gasteiger partial charge on any atom is -0.360 e. The molecule has 1 fully saturated rings. The smallest absolute Gasteiger partial charge is 0.280 e. The van der Waals surface area contributed by atoms with Crippen molar-refractivity contribution in [2.24, 2.45) is 5.92 Å². The zero-order valence-corrected chi connectivity index (χ0v) is 21.0. The topological polar surface area (TPSA) is 58.4 Å². The Balaban J connectivity index is 1.51. The number of nitrogens with one attached hydrogen (secondary N) is 1. The van der Waals surface area contributed by atoms with Gasteiger partial charge >= 0.3 is 0 Å². The molecule has 1 aromatic heterocycles. The molecule has 174 valence electrons. The van der Waals surface area contributed by atoms with E-state index in [0.717, 1.165) is 48.7 Å². The molecule has 3 aromatic rings. The van der Waals surface area contributed by atoms with Gasteiger partial charge in [-0.15, -0.1) is 0 Å². The first kappa shape index (κ1) is 24.3. The number of anilines is 1. The maximum absolute atomic E-state index is 13.6. The third-order valence-electron chi connectivity index (χ3n) is 5.62. The van der Waals surface area contributed by atoms with Gasteiger partial charge in [-0.25, -0.2) is 0 Å². The third kappa shape index (κ3) is 7.06. The molecule has 0 aliphatic carbocycles. The monoisotopic (exact) mass is 499 g/mol. The van der Waals surface area contributed by atoms with Gasteiger partial charge in [0, 0.05) is 41.1 Å². The fraction of sp³-hybridized carbons (Fsp3) is 0.360. The highest BCUT2D eigenvalue weighted by Gasteiger charge is 2.25. The summed E-state index contributed by atoms with van der Waals surface area (Å²) in [6, 6.07) is 20.1. The first-order valence-electron chi connectivity index (χ1n) is 11.3. The number of carbonyl (C=O) groups excluding carboxylic acids is 1.